The number of aliphatic imine (C=N–C) groups is 2. The molecule has 0 aromatic heterocycles. The maximum absolute atomic E-state index is 13.0. The van der Waals surface area contributed by atoms with Gasteiger partial charge in [0.25, 0.3) is 5.91 Å². The SMILES string of the molecule is CC(=NC=NCCOCc1ccccc1)Oc1ccc2c(C(=O)Nc3cccc(C(F)(F)F)c3)cccc2c1. The number of carbonyl (C=O) groups is 1. The first kappa shape index (κ1) is 27.5. The standard InChI is InChI=1S/C30H26F3N3O3/c1-21(35-20-34-15-16-38-19-22-7-3-2-4-8-22)39-26-13-14-27-23(17-26)9-5-12-28(27)29(37)36-25-11-6-10-24(18-25)30(31,32)33/h2-14,17-18,20H,15-16,19H2,1H3,(H,36,37). The Morgan fingerprint density at radius 2 is 1.74 bits per heavy atom. The van der Waals surface area contributed by atoms with Crippen molar-refractivity contribution in [3.05, 3.63) is 108 Å². The lowest BCUT2D eigenvalue weighted by Crippen LogP contribution is -2.13. The van der Waals surface area contributed by atoms with Crippen LogP contribution in [0.15, 0.2) is 101 Å². The van der Waals surface area contributed by atoms with Gasteiger partial charge in [-0.25, -0.2) is 4.99 Å². The van der Waals surface area contributed by atoms with E-state index in [9.17, 15) is 18.0 Å². The van der Waals surface area contributed by atoms with Crippen molar-refractivity contribution in [2.24, 2.45) is 9.98 Å². The molecule has 9 heteroatoms. The largest absolute Gasteiger partial charge is 0.443 e. The van der Waals surface area contributed by atoms with Crippen molar-refractivity contribution >= 4 is 34.6 Å². The molecule has 0 saturated carbocycles. The van der Waals surface area contributed by atoms with Crippen molar-refractivity contribution in [1.82, 2.24) is 0 Å². The van der Waals surface area contributed by atoms with Gasteiger partial charge in [-0.3, -0.25) is 9.79 Å². The van der Waals surface area contributed by atoms with Crippen LogP contribution >= 0.6 is 0 Å². The smallest absolute Gasteiger partial charge is 0.416 e. The first-order valence-corrected chi connectivity index (χ1v) is 12.1. The lowest BCUT2D eigenvalue weighted by Gasteiger charge is -2.12. The molecule has 0 bridgehead atoms. The highest BCUT2D eigenvalue weighted by atomic mass is 19.4. The van der Waals surface area contributed by atoms with Crippen molar-refractivity contribution in [3.8, 4) is 5.75 Å². The molecule has 200 valence electrons. The number of carbonyl (C=O) groups excluding carboxylic acids is 1. The van der Waals surface area contributed by atoms with Crippen LogP contribution in [-0.2, 0) is 17.5 Å². The zero-order valence-corrected chi connectivity index (χ0v) is 21.1. The summed E-state index contributed by atoms with van der Waals surface area (Å²) in [5, 5.41) is 3.90. The van der Waals surface area contributed by atoms with Gasteiger partial charge >= 0.3 is 6.18 Å². The molecule has 0 saturated heterocycles. The number of anilines is 1. The fraction of sp³-hybridized carbons (Fsp3) is 0.167. The first-order valence-electron chi connectivity index (χ1n) is 12.1. The normalized spacial score (nSPS) is 12.2. The maximum Gasteiger partial charge on any atom is 0.416 e. The molecule has 39 heavy (non-hydrogen) atoms. The second-order valence-corrected chi connectivity index (χ2v) is 8.53. The Bertz CT molecular complexity index is 1490. The highest BCUT2D eigenvalue weighted by Gasteiger charge is 2.30. The Labute approximate surface area is 223 Å². The molecule has 0 radical (unpaired) electrons. The van der Waals surface area contributed by atoms with Crippen LogP contribution in [0.4, 0.5) is 18.9 Å². The van der Waals surface area contributed by atoms with Gasteiger partial charge in [0.05, 0.1) is 25.3 Å². The van der Waals surface area contributed by atoms with Gasteiger partial charge in [-0.05, 0) is 58.8 Å². The average molecular weight is 534 g/mol. The highest BCUT2D eigenvalue weighted by molar-refractivity contribution is 6.13. The second-order valence-electron chi connectivity index (χ2n) is 8.53. The van der Waals surface area contributed by atoms with Gasteiger partial charge in [-0.2, -0.15) is 13.2 Å². The third kappa shape index (κ3) is 7.99. The summed E-state index contributed by atoms with van der Waals surface area (Å²) in [5.41, 5.74) is 0.646. The van der Waals surface area contributed by atoms with E-state index in [1.165, 1.54) is 18.5 Å². The first-order chi connectivity index (χ1) is 18.8. The Balaban J connectivity index is 1.34. The number of rotatable bonds is 9. The van der Waals surface area contributed by atoms with Gasteiger partial charge in [0, 0.05) is 18.2 Å². The van der Waals surface area contributed by atoms with Crippen LogP contribution in [0.5, 0.6) is 5.75 Å². The molecule has 4 aromatic rings. The average Bonchev–Trinajstić information content (AvgIpc) is 2.92. The van der Waals surface area contributed by atoms with Crippen molar-refractivity contribution in [2.75, 3.05) is 18.5 Å². The van der Waals surface area contributed by atoms with Gasteiger partial charge in [-0.1, -0.05) is 48.5 Å². The molecule has 0 heterocycles. The number of nitrogens with zero attached hydrogens (tertiary/aromatic N) is 2. The molecule has 4 aromatic carbocycles. The van der Waals surface area contributed by atoms with Crippen LogP contribution in [0.25, 0.3) is 10.8 Å². The fourth-order valence-electron chi connectivity index (χ4n) is 3.75. The third-order valence-corrected chi connectivity index (χ3v) is 5.61. The summed E-state index contributed by atoms with van der Waals surface area (Å²) in [6.45, 7) is 3.15. The number of ether oxygens (including phenoxy) is 2. The van der Waals surface area contributed by atoms with E-state index in [1.807, 2.05) is 36.4 Å². The number of halogens is 3. The second kappa shape index (κ2) is 12.8. The molecular weight excluding hydrogens is 507 g/mol. The summed E-state index contributed by atoms with van der Waals surface area (Å²) >= 11 is 0. The molecule has 0 aliphatic carbocycles. The van der Waals surface area contributed by atoms with Crippen molar-refractivity contribution in [3.63, 3.8) is 0 Å². The van der Waals surface area contributed by atoms with Crippen LogP contribution in [0.1, 0.15) is 28.4 Å². The molecule has 6 nitrogen and oxygen atoms in total. The van der Waals surface area contributed by atoms with Crippen molar-refractivity contribution in [1.29, 1.82) is 0 Å². The molecule has 0 fully saturated rings. The molecule has 0 aliphatic rings. The quantitative estimate of drug-likeness (QED) is 0.141. The maximum atomic E-state index is 13.0. The minimum atomic E-state index is -4.50. The van der Waals surface area contributed by atoms with E-state index in [2.05, 4.69) is 15.3 Å². The Morgan fingerprint density at radius 1 is 0.949 bits per heavy atom. The lowest BCUT2D eigenvalue weighted by atomic mass is 10.0. The van der Waals surface area contributed by atoms with Gasteiger partial charge in [0.2, 0.25) is 0 Å². The van der Waals surface area contributed by atoms with Crippen molar-refractivity contribution in [2.45, 2.75) is 19.7 Å². The van der Waals surface area contributed by atoms with E-state index in [4.69, 9.17) is 9.47 Å². The van der Waals surface area contributed by atoms with E-state index in [0.717, 1.165) is 23.1 Å². The molecule has 0 spiro atoms. The van der Waals surface area contributed by atoms with E-state index < -0.39 is 17.6 Å². The number of nitrogens with one attached hydrogen (secondary N) is 1. The fourth-order valence-corrected chi connectivity index (χ4v) is 3.75. The minimum absolute atomic E-state index is 0.0584. The van der Waals surface area contributed by atoms with Gasteiger partial charge < -0.3 is 14.8 Å². The van der Waals surface area contributed by atoms with Crippen LogP contribution in [0.3, 0.4) is 0 Å². The lowest BCUT2D eigenvalue weighted by molar-refractivity contribution is -0.137. The monoisotopic (exact) mass is 533 g/mol. The molecule has 0 atom stereocenters. The third-order valence-electron chi connectivity index (χ3n) is 5.61. The van der Waals surface area contributed by atoms with E-state index >= 15 is 0 Å². The minimum Gasteiger partial charge on any atom is -0.443 e. The summed E-state index contributed by atoms with van der Waals surface area (Å²) in [6.07, 6.45) is -3.08. The van der Waals surface area contributed by atoms with Crippen LogP contribution in [0.2, 0.25) is 0 Å². The predicted molar refractivity (Wildman–Crippen MR) is 147 cm³/mol. The van der Waals surface area contributed by atoms with E-state index in [0.29, 0.717) is 42.4 Å². The summed E-state index contributed by atoms with van der Waals surface area (Å²) in [4.78, 5) is 21.2. The van der Waals surface area contributed by atoms with Gasteiger partial charge in [0.15, 0.2) is 5.90 Å². The van der Waals surface area contributed by atoms with Crippen LogP contribution in [0, 0.1) is 0 Å². The number of amides is 1. The van der Waals surface area contributed by atoms with Gasteiger partial charge in [-0.15, -0.1) is 0 Å². The summed E-state index contributed by atoms with van der Waals surface area (Å²) in [7, 11) is 0. The van der Waals surface area contributed by atoms with E-state index in [-0.39, 0.29) is 5.69 Å². The number of hydrogen-bond donors (Lipinski definition) is 1. The van der Waals surface area contributed by atoms with Crippen molar-refractivity contribution < 1.29 is 27.4 Å². The molecule has 0 aliphatic heterocycles. The van der Waals surface area contributed by atoms with Crippen LogP contribution < -0.4 is 10.1 Å². The zero-order chi connectivity index (χ0) is 27.7. The molecule has 1 N–H and O–H groups in total. The molecule has 0 unspecified atom stereocenters. The molecule has 1 amide bonds. The van der Waals surface area contributed by atoms with Gasteiger partial charge in [0.1, 0.15) is 12.1 Å². The Morgan fingerprint density at radius 3 is 2.54 bits per heavy atom. The molecule has 4 rings (SSSR count). The summed E-state index contributed by atoms with van der Waals surface area (Å²) < 4.78 is 50.4. The summed E-state index contributed by atoms with van der Waals surface area (Å²) in [5.74, 6) is 0.371. The number of alkyl halides is 3. The van der Waals surface area contributed by atoms with E-state index in [1.54, 1.807) is 37.3 Å². The zero-order valence-electron chi connectivity index (χ0n) is 21.1. The molecular formula is C30H26F3N3O3. The van der Waals surface area contributed by atoms with Crippen LogP contribution in [-0.4, -0.2) is 31.3 Å². The number of hydrogen-bond acceptors (Lipinski definition) is 4. The Hall–Kier alpha value is -4.50. The highest BCUT2D eigenvalue weighted by Crippen LogP contribution is 2.31. The number of benzene rings is 4. The predicted octanol–water partition coefficient (Wildman–Crippen LogP) is 7.15. The topological polar surface area (TPSA) is 72.3 Å². The number of fused-ring (bicyclic) bond motifs is 1. The Kier molecular flexibility index (Phi) is 9.06. The summed E-state index contributed by atoms with van der Waals surface area (Å²) in [6, 6.07) is 24.7.